The lowest BCUT2D eigenvalue weighted by molar-refractivity contribution is -0.0586. The van der Waals surface area contributed by atoms with Gasteiger partial charge in [0.1, 0.15) is 0 Å². The highest BCUT2D eigenvalue weighted by atomic mass is 32.2. The van der Waals surface area contributed by atoms with Crippen molar-refractivity contribution in [3.8, 4) is 0 Å². The Morgan fingerprint density at radius 1 is 1.15 bits per heavy atom. The number of amides is 1. The molecule has 27 heavy (non-hydrogen) atoms. The molecule has 0 unspecified atom stereocenters. The summed E-state index contributed by atoms with van der Waals surface area (Å²) >= 11 is 0. The van der Waals surface area contributed by atoms with Crippen LogP contribution in [0.5, 0.6) is 0 Å². The molecule has 0 aliphatic carbocycles. The monoisotopic (exact) mass is 416 g/mol. The number of carbonyl (C=O) groups is 1. The number of ether oxygens (including phenoxy) is 1. The standard InChI is InChI=1S/C17H24N2O6S2/c1-12-9-19(10-13(2)25-12)17(20)14-3-5-16(6-4-14)27(23,24)18-15-7-8-26(21,22)11-15/h3-6,12-13,15,18H,7-11H2,1-2H3/t12-,13-,15+/m1/s1. The molecule has 2 aliphatic rings. The highest BCUT2D eigenvalue weighted by Crippen LogP contribution is 2.18. The van der Waals surface area contributed by atoms with Crippen molar-refractivity contribution < 1.29 is 26.4 Å². The van der Waals surface area contributed by atoms with Gasteiger partial charge in [0.15, 0.2) is 9.84 Å². The molecule has 2 aliphatic heterocycles. The number of carbonyl (C=O) groups excluding carboxylic acids is 1. The quantitative estimate of drug-likeness (QED) is 0.761. The largest absolute Gasteiger partial charge is 0.372 e. The minimum Gasteiger partial charge on any atom is -0.372 e. The van der Waals surface area contributed by atoms with Gasteiger partial charge in [0.25, 0.3) is 5.91 Å². The van der Waals surface area contributed by atoms with Crippen LogP contribution in [0.25, 0.3) is 0 Å². The first-order chi connectivity index (χ1) is 12.6. The maximum Gasteiger partial charge on any atom is 0.254 e. The first-order valence-corrected chi connectivity index (χ1v) is 12.1. The van der Waals surface area contributed by atoms with Crippen molar-refractivity contribution in [2.24, 2.45) is 0 Å². The normalized spacial score (nSPS) is 28.2. The van der Waals surface area contributed by atoms with Crippen LogP contribution in [-0.2, 0) is 24.6 Å². The molecule has 150 valence electrons. The summed E-state index contributed by atoms with van der Waals surface area (Å²) in [6.07, 6.45) is 0.166. The molecule has 3 atom stereocenters. The van der Waals surface area contributed by atoms with Crippen LogP contribution in [0.2, 0.25) is 0 Å². The maximum absolute atomic E-state index is 12.6. The van der Waals surface area contributed by atoms with E-state index in [-0.39, 0.29) is 40.9 Å². The van der Waals surface area contributed by atoms with Gasteiger partial charge in [0, 0.05) is 24.7 Å². The Morgan fingerprint density at radius 3 is 2.26 bits per heavy atom. The van der Waals surface area contributed by atoms with E-state index in [1.54, 1.807) is 4.90 Å². The zero-order valence-electron chi connectivity index (χ0n) is 15.3. The van der Waals surface area contributed by atoms with Gasteiger partial charge >= 0.3 is 0 Å². The van der Waals surface area contributed by atoms with Crippen molar-refractivity contribution in [1.29, 1.82) is 0 Å². The number of sulfone groups is 1. The molecular formula is C17H24N2O6S2. The molecule has 1 aromatic rings. The molecule has 1 N–H and O–H groups in total. The minimum atomic E-state index is -3.84. The van der Waals surface area contributed by atoms with Gasteiger partial charge in [-0.3, -0.25) is 4.79 Å². The van der Waals surface area contributed by atoms with E-state index in [1.165, 1.54) is 24.3 Å². The number of nitrogens with zero attached hydrogens (tertiary/aromatic N) is 1. The Balaban J connectivity index is 1.70. The molecular weight excluding hydrogens is 392 g/mol. The number of sulfonamides is 1. The Labute approximate surface area is 159 Å². The third-order valence-electron chi connectivity index (χ3n) is 4.67. The smallest absolute Gasteiger partial charge is 0.254 e. The summed E-state index contributed by atoms with van der Waals surface area (Å²) in [5.74, 6) is -0.365. The van der Waals surface area contributed by atoms with Crippen LogP contribution in [0.3, 0.4) is 0 Å². The molecule has 0 bridgehead atoms. The van der Waals surface area contributed by atoms with Crippen LogP contribution >= 0.6 is 0 Å². The van der Waals surface area contributed by atoms with Gasteiger partial charge in [-0.15, -0.1) is 0 Å². The fourth-order valence-electron chi connectivity index (χ4n) is 3.48. The summed E-state index contributed by atoms with van der Waals surface area (Å²) < 4.78 is 55.9. The van der Waals surface area contributed by atoms with E-state index in [0.29, 0.717) is 18.7 Å². The lowest BCUT2D eigenvalue weighted by Crippen LogP contribution is -2.48. The molecule has 8 nitrogen and oxygen atoms in total. The SMILES string of the molecule is C[C@@H]1CN(C(=O)c2ccc(S(=O)(=O)N[C@H]3CCS(=O)(=O)C3)cc2)C[C@@H](C)O1. The van der Waals surface area contributed by atoms with Crippen LogP contribution in [0.4, 0.5) is 0 Å². The number of nitrogens with one attached hydrogen (secondary N) is 1. The van der Waals surface area contributed by atoms with Crippen molar-refractivity contribution in [2.45, 2.75) is 43.4 Å². The predicted octanol–water partition coefficient (Wildman–Crippen LogP) is 0.401. The number of hydrogen-bond donors (Lipinski definition) is 1. The summed E-state index contributed by atoms with van der Waals surface area (Å²) in [5, 5.41) is 0. The molecule has 10 heteroatoms. The van der Waals surface area contributed by atoms with E-state index in [2.05, 4.69) is 4.72 Å². The topological polar surface area (TPSA) is 110 Å². The molecule has 2 saturated heterocycles. The van der Waals surface area contributed by atoms with E-state index >= 15 is 0 Å². The Morgan fingerprint density at radius 2 is 1.74 bits per heavy atom. The summed E-state index contributed by atoms with van der Waals surface area (Å²) in [6, 6.07) is 5.08. The Kier molecular flexibility index (Phi) is 5.62. The molecule has 0 spiro atoms. The molecule has 1 amide bonds. The summed E-state index contributed by atoms with van der Waals surface area (Å²) in [4.78, 5) is 14.3. The van der Waals surface area contributed by atoms with Crippen molar-refractivity contribution in [1.82, 2.24) is 9.62 Å². The first-order valence-electron chi connectivity index (χ1n) is 8.83. The van der Waals surface area contributed by atoms with Gasteiger partial charge in [-0.1, -0.05) is 0 Å². The second-order valence-corrected chi connectivity index (χ2v) is 11.2. The van der Waals surface area contributed by atoms with E-state index in [4.69, 9.17) is 4.74 Å². The highest BCUT2D eigenvalue weighted by Gasteiger charge is 2.32. The first kappa shape index (κ1) is 20.2. The third-order valence-corrected chi connectivity index (χ3v) is 7.98. The Bertz CT molecular complexity index is 901. The lowest BCUT2D eigenvalue weighted by atomic mass is 10.1. The highest BCUT2D eigenvalue weighted by molar-refractivity contribution is 7.92. The van der Waals surface area contributed by atoms with E-state index < -0.39 is 25.9 Å². The third kappa shape index (κ3) is 4.87. The number of rotatable bonds is 4. The van der Waals surface area contributed by atoms with Gasteiger partial charge in [-0.2, -0.15) is 0 Å². The lowest BCUT2D eigenvalue weighted by Gasteiger charge is -2.35. The van der Waals surface area contributed by atoms with Crippen LogP contribution < -0.4 is 4.72 Å². The number of benzene rings is 1. The van der Waals surface area contributed by atoms with Gasteiger partial charge in [-0.05, 0) is 44.5 Å². The van der Waals surface area contributed by atoms with Crippen LogP contribution in [0, 0.1) is 0 Å². The molecule has 0 aromatic heterocycles. The van der Waals surface area contributed by atoms with Crippen LogP contribution in [-0.4, -0.2) is 70.5 Å². The molecule has 0 saturated carbocycles. The van der Waals surface area contributed by atoms with E-state index in [1.807, 2.05) is 13.8 Å². The maximum atomic E-state index is 12.6. The Hall–Kier alpha value is -1.49. The van der Waals surface area contributed by atoms with Crippen molar-refractivity contribution in [3.63, 3.8) is 0 Å². The van der Waals surface area contributed by atoms with Crippen LogP contribution in [0.1, 0.15) is 30.6 Å². The zero-order chi connectivity index (χ0) is 19.8. The average Bonchev–Trinajstić information content (AvgIpc) is 2.91. The van der Waals surface area contributed by atoms with Gasteiger partial charge in [0.05, 0.1) is 28.6 Å². The summed E-state index contributed by atoms with van der Waals surface area (Å²) in [5.41, 5.74) is 0.402. The summed E-state index contributed by atoms with van der Waals surface area (Å²) in [6.45, 7) is 4.78. The average molecular weight is 417 g/mol. The van der Waals surface area contributed by atoms with E-state index in [9.17, 15) is 21.6 Å². The number of morpholine rings is 1. The molecule has 2 fully saturated rings. The second kappa shape index (κ2) is 7.50. The van der Waals surface area contributed by atoms with Crippen LogP contribution in [0.15, 0.2) is 29.2 Å². The van der Waals surface area contributed by atoms with Crippen molar-refractivity contribution in [3.05, 3.63) is 29.8 Å². The van der Waals surface area contributed by atoms with Gasteiger partial charge < -0.3 is 9.64 Å². The van der Waals surface area contributed by atoms with Gasteiger partial charge in [0.2, 0.25) is 10.0 Å². The van der Waals surface area contributed by atoms with Gasteiger partial charge in [-0.25, -0.2) is 21.6 Å². The summed E-state index contributed by atoms with van der Waals surface area (Å²) in [7, 11) is -7.01. The molecule has 3 rings (SSSR count). The van der Waals surface area contributed by atoms with E-state index in [0.717, 1.165) is 0 Å². The fraction of sp³-hybridized carbons (Fsp3) is 0.588. The minimum absolute atomic E-state index is 0.00654. The molecule has 0 radical (unpaired) electrons. The number of hydrogen-bond acceptors (Lipinski definition) is 6. The fourth-order valence-corrected chi connectivity index (χ4v) is 6.53. The van der Waals surface area contributed by atoms with Crippen molar-refractivity contribution >= 4 is 25.8 Å². The molecule has 2 heterocycles. The zero-order valence-corrected chi connectivity index (χ0v) is 16.9. The molecule has 1 aromatic carbocycles. The van der Waals surface area contributed by atoms with Crippen molar-refractivity contribution in [2.75, 3.05) is 24.6 Å². The predicted molar refractivity (Wildman–Crippen MR) is 99.7 cm³/mol. The second-order valence-electron chi connectivity index (χ2n) is 7.21.